The zero-order valence-electron chi connectivity index (χ0n) is 22.3. The molecule has 3 heterocycles. The molecular weight excluding hydrogens is 482 g/mol. The Morgan fingerprint density at radius 3 is 2.00 bits per heavy atom. The Balaban J connectivity index is 1.11. The Morgan fingerprint density at radius 2 is 1.36 bits per heavy atom. The molecule has 0 N–H and O–H groups in total. The molecule has 0 radical (unpaired) electrons. The van der Waals surface area contributed by atoms with Crippen LogP contribution >= 0.6 is 0 Å². The van der Waals surface area contributed by atoms with Crippen molar-refractivity contribution in [2.75, 3.05) is 44.2 Å². The number of amides is 1. The van der Waals surface area contributed by atoms with Crippen molar-refractivity contribution in [3.05, 3.63) is 115 Å². The van der Waals surface area contributed by atoms with E-state index in [1.54, 1.807) is 6.33 Å². The van der Waals surface area contributed by atoms with E-state index in [2.05, 4.69) is 97.5 Å². The minimum Gasteiger partial charge on any atom is -0.356 e. The van der Waals surface area contributed by atoms with Crippen LogP contribution in [0.25, 0.3) is 11.3 Å². The van der Waals surface area contributed by atoms with Crippen LogP contribution in [0, 0.1) is 5.92 Å². The van der Waals surface area contributed by atoms with Crippen molar-refractivity contribution in [1.82, 2.24) is 19.8 Å². The first-order chi connectivity index (χ1) is 19.3. The van der Waals surface area contributed by atoms with Crippen LogP contribution in [0.15, 0.2) is 103 Å². The number of anilines is 1. The first-order valence-electron chi connectivity index (χ1n) is 14.0. The monoisotopic (exact) mass is 517 g/mol. The lowest BCUT2D eigenvalue weighted by molar-refractivity contribution is -0.137. The number of aromatic nitrogens is 2. The molecule has 3 aromatic carbocycles. The lowest BCUT2D eigenvalue weighted by Crippen LogP contribution is -2.53. The fraction of sp³-hybridized carbons (Fsp3) is 0.303. The van der Waals surface area contributed by atoms with Crippen LogP contribution in [0.5, 0.6) is 0 Å². The molecule has 6 rings (SSSR count). The summed E-state index contributed by atoms with van der Waals surface area (Å²) in [7, 11) is 0. The Hall–Kier alpha value is -4.03. The zero-order chi connectivity index (χ0) is 26.4. The van der Waals surface area contributed by atoms with Gasteiger partial charge in [-0.25, -0.2) is 9.97 Å². The number of nitrogens with zero attached hydrogens (tertiary/aromatic N) is 5. The maximum atomic E-state index is 13.7. The lowest BCUT2D eigenvalue weighted by atomic mass is 9.95. The number of hydrogen-bond acceptors (Lipinski definition) is 5. The molecule has 0 bridgehead atoms. The average molecular weight is 518 g/mol. The molecule has 4 aromatic rings. The predicted octanol–water partition coefficient (Wildman–Crippen LogP) is 5.29. The molecule has 2 fully saturated rings. The summed E-state index contributed by atoms with van der Waals surface area (Å²) >= 11 is 0. The van der Waals surface area contributed by atoms with Gasteiger partial charge in [0.2, 0.25) is 5.91 Å². The van der Waals surface area contributed by atoms with Crippen LogP contribution in [0.1, 0.15) is 30.0 Å². The Bertz CT molecular complexity index is 1320. The summed E-state index contributed by atoms with van der Waals surface area (Å²) in [5.74, 6) is 1.19. The van der Waals surface area contributed by atoms with Gasteiger partial charge in [-0.3, -0.25) is 9.69 Å². The highest BCUT2D eigenvalue weighted by molar-refractivity contribution is 5.80. The van der Waals surface area contributed by atoms with Gasteiger partial charge < -0.3 is 9.80 Å². The van der Waals surface area contributed by atoms with Crippen LogP contribution in [-0.4, -0.2) is 64.9 Å². The van der Waals surface area contributed by atoms with Gasteiger partial charge in [0.25, 0.3) is 0 Å². The van der Waals surface area contributed by atoms with Gasteiger partial charge in [0.15, 0.2) is 0 Å². The second-order valence-corrected chi connectivity index (χ2v) is 10.5. The Kier molecular flexibility index (Phi) is 7.63. The summed E-state index contributed by atoms with van der Waals surface area (Å²) in [6.07, 6.45) is 3.56. The number of rotatable bonds is 6. The van der Waals surface area contributed by atoms with Gasteiger partial charge in [0.05, 0.1) is 17.7 Å². The molecule has 2 saturated heterocycles. The van der Waals surface area contributed by atoms with Gasteiger partial charge in [-0.1, -0.05) is 91.0 Å². The molecule has 6 heteroatoms. The van der Waals surface area contributed by atoms with Crippen molar-refractivity contribution in [2.45, 2.75) is 18.9 Å². The zero-order valence-corrected chi connectivity index (χ0v) is 22.3. The number of piperidine rings is 1. The molecule has 2 aliphatic rings. The number of piperazine rings is 1. The van der Waals surface area contributed by atoms with E-state index in [0.717, 1.165) is 62.6 Å². The minimum atomic E-state index is -0.000478. The smallest absolute Gasteiger partial charge is 0.227 e. The molecule has 1 amide bonds. The molecule has 39 heavy (non-hydrogen) atoms. The third-order valence-electron chi connectivity index (χ3n) is 8.04. The van der Waals surface area contributed by atoms with E-state index in [9.17, 15) is 4.79 Å². The molecular formula is C33H35N5O. The topological polar surface area (TPSA) is 52.6 Å². The predicted molar refractivity (Wildman–Crippen MR) is 155 cm³/mol. The number of hydrogen-bond donors (Lipinski definition) is 0. The molecule has 1 aromatic heterocycles. The summed E-state index contributed by atoms with van der Waals surface area (Å²) in [5.41, 5.74) is 4.58. The van der Waals surface area contributed by atoms with Crippen LogP contribution in [0.3, 0.4) is 0 Å². The maximum absolute atomic E-state index is 13.7. The molecule has 198 valence electrons. The second-order valence-electron chi connectivity index (χ2n) is 10.5. The molecule has 6 nitrogen and oxygen atoms in total. The average Bonchev–Trinajstić information content (AvgIpc) is 3.03. The van der Waals surface area contributed by atoms with Crippen molar-refractivity contribution < 1.29 is 4.79 Å². The van der Waals surface area contributed by atoms with E-state index < -0.39 is 0 Å². The number of benzene rings is 3. The molecule has 0 aliphatic carbocycles. The van der Waals surface area contributed by atoms with Gasteiger partial charge in [-0.15, -0.1) is 0 Å². The van der Waals surface area contributed by atoms with Gasteiger partial charge >= 0.3 is 0 Å². The molecule has 0 spiro atoms. The van der Waals surface area contributed by atoms with Crippen LogP contribution in [0.2, 0.25) is 0 Å². The van der Waals surface area contributed by atoms with Gasteiger partial charge in [-0.2, -0.15) is 0 Å². The van der Waals surface area contributed by atoms with E-state index in [0.29, 0.717) is 6.54 Å². The van der Waals surface area contributed by atoms with Crippen molar-refractivity contribution in [3.8, 4) is 11.3 Å². The fourth-order valence-corrected chi connectivity index (χ4v) is 6.02. The molecule has 2 aliphatic heterocycles. The maximum Gasteiger partial charge on any atom is 0.227 e. The highest BCUT2D eigenvalue weighted by atomic mass is 16.2. The van der Waals surface area contributed by atoms with Gasteiger partial charge in [-0.05, 0) is 24.0 Å². The third-order valence-corrected chi connectivity index (χ3v) is 8.04. The Morgan fingerprint density at radius 1 is 0.744 bits per heavy atom. The number of carbonyl (C=O) groups excluding carboxylic acids is 1. The standard InChI is InChI=1S/C33H35N5O/c39-33(29-17-10-18-38(24-29)31-23-30(34-25-35-31)26-11-4-1-5-12-26)37-21-19-36(20-22-37)32(27-13-6-2-7-14-27)28-15-8-3-9-16-28/h1-9,11-16,23,25,29,32H,10,17-22,24H2. The molecule has 1 unspecified atom stereocenters. The lowest BCUT2D eigenvalue weighted by Gasteiger charge is -2.42. The van der Waals surface area contributed by atoms with E-state index in [-0.39, 0.29) is 17.9 Å². The third kappa shape index (κ3) is 5.71. The van der Waals surface area contributed by atoms with Crippen molar-refractivity contribution in [3.63, 3.8) is 0 Å². The molecule has 1 atom stereocenters. The molecule has 0 saturated carbocycles. The Labute approximate surface area is 230 Å². The first-order valence-corrected chi connectivity index (χ1v) is 14.0. The van der Waals surface area contributed by atoms with E-state index in [1.807, 2.05) is 24.3 Å². The number of carbonyl (C=O) groups is 1. The van der Waals surface area contributed by atoms with E-state index in [1.165, 1.54) is 11.1 Å². The fourth-order valence-electron chi connectivity index (χ4n) is 6.02. The van der Waals surface area contributed by atoms with Crippen molar-refractivity contribution >= 4 is 11.7 Å². The SMILES string of the molecule is O=C(C1CCCN(c2cc(-c3ccccc3)ncn2)C1)N1CCN(C(c2ccccc2)c2ccccc2)CC1. The largest absolute Gasteiger partial charge is 0.356 e. The van der Waals surface area contributed by atoms with Crippen LogP contribution < -0.4 is 4.90 Å². The quantitative estimate of drug-likeness (QED) is 0.348. The highest BCUT2D eigenvalue weighted by Crippen LogP contribution is 2.31. The summed E-state index contributed by atoms with van der Waals surface area (Å²) in [6.45, 7) is 4.87. The van der Waals surface area contributed by atoms with E-state index >= 15 is 0 Å². The summed E-state index contributed by atoms with van der Waals surface area (Å²) in [5, 5.41) is 0. The second kappa shape index (κ2) is 11.8. The summed E-state index contributed by atoms with van der Waals surface area (Å²) in [4.78, 5) is 29.6. The summed E-state index contributed by atoms with van der Waals surface area (Å²) in [6, 6.07) is 33.9. The van der Waals surface area contributed by atoms with Crippen molar-refractivity contribution in [2.24, 2.45) is 5.92 Å². The van der Waals surface area contributed by atoms with Crippen molar-refractivity contribution in [1.29, 1.82) is 0 Å². The van der Waals surface area contributed by atoms with Crippen LogP contribution in [0.4, 0.5) is 5.82 Å². The normalized spacial score (nSPS) is 18.3. The van der Waals surface area contributed by atoms with E-state index in [4.69, 9.17) is 0 Å². The van der Waals surface area contributed by atoms with Crippen LogP contribution in [-0.2, 0) is 4.79 Å². The first kappa shape index (κ1) is 25.3. The minimum absolute atomic E-state index is 0.000478. The van der Waals surface area contributed by atoms with Gasteiger partial charge in [0.1, 0.15) is 12.1 Å². The van der Waals surface area contributed by atoms with Gasteiger partial charge in [0, 0.05) is 50.9 Å². The highest BCUT2D eigenvalue weighted by Gasteiger charge is 2.33. The summed E-state index contributed by atoms with van der Waals surface area (Å²) < 4.78 is 0.